The van der Waals surface area contributed by atoms with Crippen molar-refractivity contribution >= 4 is 10.0 Å². The summed E-state index contributed by atoms with van der Waals surface area (Å²) in [7, 11) is -3.01. The van der Waals surface area contributed by atoms with Gasteiger partial charge in [0, 0.05) is 19.1 Å². The van der Waals surface area contributed by atoms with Crippen LogP contribution in [0.5, 0.6) is 0 Å². The summed E-state index contributed by atoms with van der Waals surface area (Å²) in [5, 5.41) is 3.60. The van der Waals surface area contributed by atoms with Crippen LogP contribution in [-0.4, -0.2) is 44.7 Å². The number of nitrogens with zero attached hydrogens (tertiary/aromatic N) is 1. The first-order valence-corrected chi connectivity index (χ1v) is 9.50. The lowest BCUT2D eigenvalue weighted by Crippen LogP contribution is -2.42. The van der Waals surface area contributed by atoms with Crippen LogP contribution >= 0.6 is 0 Å². The minimum absolute atomic E-state index is 0.518. The highest BCUT2D eigenvalue weighted by Gasteiger charge is 2.27. The van der Waals surface area contributed by atoms with Crippen LogP contribution in [0.2, 0.25) is 0 Å². The molecule has 0 saturated carbocycles. The van der Waals surface area contributed by atoms with Crippen molar-refractivity contribution in [2.24, 2.45) is 5.92 Å². The smallest absolute Gasteiger partial charge is 0.211 e. The Morgan fingerprint density at radius 3 is 2.63 bits per heavy atom. The third-order valence-corrected chi connectivity index (χ3v) is 5.16. The molecule has 1 N–H and O–H groups in total. The van der Waals surface area contributed by atoms with Gasteiger partial charge in [-0.2, -0.15) is 0 Å². The zero-order valence-electron chi connectivity index (χ0n) is 12.7. The van der Waals surface area contributed by atoms with Gasteiger partial charge < -0.3 is 5.32 Å². The van der Waals surface area contributed by atoms with E-state index >= 15 is 0 Å². The lowest BCUT2D eigenvalue weighted by Gasteiger charge is -2.33. The maximum absolute atomic E-state index is 11.6. The van der Waals surface area contributed by atoms with Crippen molar-refractivity contribution < 1.29 is 8.42 Å². The molecule has 1 aliphatic heterocycles. The highest BCUT2D eigenvalue weighted by Crippen LogP contribution is 2.23. The lowest BCUT2D eigenvalue weighted by molar-refractivity contribution is 0.234. The van der Waals surface area contributed by atoms with E-state index < -0.39 is 10.0 Å². The Bertz CT molecular complexity index is 343. The van der Waals surface area contributed by atoms with Gasteiger partial charge in [0.15, 0.2) is 0 Å². The van der Waals surface area contributed by atoms with Crippen molar-refractivity contribution in [3.05, 3.63) is 0 Å². The minimum atomic E-state index is -3.01. The molecule has 19 heavy (non-hydrogen) atoms. The van der Waals surface area contributed by atoms with E-state index in [1.165, 1.54) is 25.5 Å². The average molecular weight is 290 g/mol. The van der Waals surface area contributed by atoms with Crippen LogP contribution in [0.1, 0.15) is 52.4 Å². The Morgan fingerprint density at radius 1 is 1.32 bits per heavy atom. The molecular formula is C14H30N2O2S. The molecule has 5 heteroatoms. The molecular weight excluding hydrogens is 260 g/mol. The molecule has 1 heterocycles. The molecule has 0 amide bonds. The first kappa shape index (κ1) is 16.9. The fraction of sp³-hybridized carbons (Fsp3) is 1.00. The van der Waals surface area contributed by atoms with Crippen molar-refractivity contribution in [3.63, 3.8) is 0 Å². The summed E-state index contributed by atoms with van der Waals surface area (Å²) in [5.74, 6) is 0.518. The molecule has 0 aromatic heterocycles. The molecule has 114 valence electrons. The van der Waals surface area contributed by atoms with E-state index in [0.29, 0.717) is 25.0 Å². The summed E-state index contributed by atoms with van der Waals surface area (Å²) in [5.41, 5.74) is 0. The molecule has 4 nitrogen and oxygen atoms in total. The van der Waals surface area contributed by atoms with Crippen molar-refractivity contribution in [1.29, 1.82) is 0 Å². The summed E-state index contributed by atoms with van der Waals surface area (Å²) >= 11 is 0. The first-order chi connectivity index (χ1) is 8.97. The number of rotatable bonds is 8. The second kappa shape index (κ2) is 8.22. The monoisotopic (exact) mass is 290 g/mol. The van der Waals surface area contributed by atoms with Crippen molar-refractivity contribution in [2.75, 3.05) is 25.9 Å². The van der Waals surface area contributed by atoms with Crippen LogP contribution < -0.4 is 5.32 Å². The number of sulfonamides is 1. The third-order valence-electron chi connectivity index (χ3n) is 3.89. The molecule has 2 atom stereocenters. The number of hydrogen-bond donors (Lipinski definition) is 1. The second-order valence-corrected chi connectivity index (χ2v) is 7.79. The zero-order chi connectivity index (χ0) is 14.3. The van der Waals surface area contributed by atoms with E-state index in [2.05, 4.69) is 19.2 Å². The standard InChI is InChI=1S/C14H30N2O2S/c1-4-7-14(15-9-5-2)11-13-8-6-10-16(12-13)19(3,17)18/h13-15H,4-12H2,1-3H3. The van der Waals surface area contributed by atoms with E-state index in [0.717, 1.165) is 25.8 Å². The van der Waals surface area contributed by atoms with Crippen molar-refractivity contribution in [1.82, 2.24) is 9.62 Å². The van der Waals surface area contributed by atoms with Crippen LogP contribution in [0, 0.1) is 5.92 Å². The van der Waals surface area contributed by atoms with Gasteiger partial charge in [-0.15, -0.1) is 0 Å². The highest BCUT2D eigenvalue weighted by molar-refractivity contribution is 7.88. The van der Waals surface area contributed by atoms with Gasteiger partial charge in [-0.3, -0.25) is 0 Å². The fourth-order valence-corrected chi connectivity index (χ4v) is 3.87. The SMILES string of the molecule is CCCNC(CCC)CC1CCCN(S(C)(=O)=O)C1. The van der Waals surface area contributed by atoms with Gasteiger partial charge in [-0.1, -0.05) is 20.3 Å². The predicted molar refractivity (Wildman–Crippen MR) is 80.7 cm³/mol. The van der Waals surface area contributed by atoms with Gasteiger partial charge in [-0.25, -0.2) is 12.7 Å². The molecule has 0 aromatic carbocycles. The zero-order valence-corrected chi connectivity index (χ0v) is 13.5. The van der Waals surface area contributed by atoms with Gasteiger partial charge in [0.1, 0.15) is 0 Å². The van der Waals surface area contributed by atoms with Crippen LogP contribution in [0.3, 0.4) is 0 Å². The largest absolute Gasteiger partial charge is 0.314 e. The molecule has 1 saturated heterocycles. The third kappa shape index (κ3) is 6.23. The first-order valence-electron chi connectivity index (χ1n) is 7.65. The van der Waals surface area contributed by atoms with Crippen LogP contribution in [0.25, 0.3) is 0 Å². The molecule has 0 radical (unpaired) electrons. The molecule has 1 rings (SSSR count). The van der Waals surface area contributed by atoms with Gasteiger partial charge in [0.05, 0.1) is 6.26 Å². The van der Waals surface area contributed by atoms with Crippen LogP contribution in [0.4, 0.5) is 0 Å². The van der Waals surface area contributed by atoms with E-state index in [9.17, 15) is 8.42 Å². The van der Waals surface area contributed by atoms with Crippen LogP contribution in [-0.2, 0) is 10.0 Å². The van der Waals surface area contributed by atoms with E-state index in [-0.39, 0.29) is 0 Å². The average Bonchev–Trinajstić information content (AvgIpc) is 2.35. The number of nitrogens with one attached hydrogen (secondary N) is 1. The van der Waals surface area contributed by atoms with Gasteiger partial charge in [0.2, 0.25) is 10.0 Å². The predicted octanol–water partition coefficient (Wildman–Crippen LogP) is 2.22. The summed E-state index contributed by atoms with van der Waals surface area (Å²) in [4.78, 5) is 0. The fourth-order valence-electron chi connectivity index (χ4n) is 2.92. The molecule has 0 spiro atoms. The summed E-state index contributed by atoms with van der Waals surface area (Å²) in [6.07, 6.45) is 8.14. The Kier molecular flexibility index (Phi) is 7.32. The summed E-state index contributed by atoms with van der Waals surface area (Å²) in [6.45, 7) is 6.88. The number of hydrogen-bond acceptors (Lipinski definition) is 3. The topological polar surface area (TPSA) is 49.4 Å². The van der Waals surface area contributed by atoms with Gasteiger partial charge >= 0.3 is 0 Å². The molecule has 0 bridgehead atoms. The molecule has 2 unspecified atom stereocenters. The highest BCUT2D eigenvalue weighted by atomic mass is 32.2. The second-order valence-electron chi connectivity index (χ2n) is 5.80. The summed E-state index contributed by atoms with van der Waals surface area (Å²) in [6, 6.07) is 0.550. The van der Waals surface area contributed by atoms with Gasteiger partial charge in [-0.05, 0) is 44.6 Å². The molecule has 0 aliphatic carbocycles. The Morgan fingerprint density at radius 2 is 2.05 bits per heavy atom. The Labute approximate surface area is 119 Å². The quantitative estimate of drug-likeness (QED) is 0.745. The normalized spacial score (nSPS) is 23.4. The Hall–Kier alpha value is -0.130. The van der Waals surface area contributed by atoms with Crippen LogP contribution in [0.15, 0.2) is 0 Å². The lowest BCUT2D eigenvalue weighted by atomic mass is 9.91. The maximum atomic E-state index is 11.6. The van der Waals surface area contributed by atoms with E-state index in [1.807, 2.05) is 0 Å². The Balaban J connectivity index is 2.49. The molecule has 0 aromatic rings. The summed E-state index contributed by atoms with van der Waals surface area (Å²) < 4.78 is 24.9. The van der Waals surface area contributed by atoms with E-state index in [1.54, 1.807) is 4.31 Å². The maximum Gasteiger partial charge on any atom is 0.211 e. The van der Waals surface area contributed by atoms with Crippen molar-refractivity contribution in [2.45, 2.75) is 58.4 Å². The molecule has 1 fully saturated rings. The number of piperidine rings is 1. The van der Waals surface area contributed by atoms with E-state index in [4.69, 9.17) is 0 Å². The minimum Gasteiger partial charge on any atom is -0.314 e. The van der Waals surface area contributed by atoms with Gasteiger partial charge in [0.25, 0.3) is 0 Å². The molecule has 1 aliphatic rings. The van der Waals surface area contributed by atoms with Crippen molar-refractivity contribution in [3.8, 4) is 0 Å².